The molecule has 0 aliphatic carbocycles. The van der Waals surface area contributed by atoms with Gasteiger partial charge in [0.05, 0.1) is 0 Å². The average molecular weight is 626 g/mol. The third-order valence-electron chi connectivity index (χ3n) is 8.94. The molecule has 270 valence electrons. The van der Waals surface area contributed by atoms with Crippen molar-refractivity contribution in [2.45, 2.75) is 232 Å². The maximum atomic E-state index is 2.71. The van der Waals surface area contributed by atoms with E-state index in [9.17, 15) is 0 Å². The molecule has 0 radical (unpaired) electrons. The van der Waals surface area contributed by atoms with E-state index in [1.807, 2.05) is 0 Å². The van der Waals surface area contributed by atoms with Crippen LogP contribution in [0.15, 0.2) is 0 Å². The lowest BCUT2D eigenvalue weighted by molar-refractivity contribution is 0.0889. The van der Waals surface area contributed by atoms with E-state index in [-0.39, 0.29) is 0 Å². The smallest absolute Gasteiger partial charge is 0.0141 e. The first kappa shape index (κ1) is 48.3. The van der Waals surface area contributed by atoms with Gasteiger partial charge in [0.1, 0.15) is 0 Å². The topological polar surface area (TPSA) is 9.72 Å². The van der Waals surface area contributed by atoms with E-state index in [0.717, 1.165) is 41.8 Å². The average Bonchev–Trinajstić information content (AvgIpc) is 2.87. The summed E-state index contributed by atoms with van der Waals surface area (Å²) in [6, 6.07) is 5.01. The van der Waals surface area contributed by atoms with E-state index in [0.29, 0.717) is 24.2 Å². The molecule has 0 amide bonds. The van der Waals surface area contributed by atoms with Crippen molar-refractivity contribution < 1.29 is 0 Å². The number of rotatable bonds is 21. The Labute approximate surface area is 283 Å². The van der Waals surface area contributed by atoms with Crippen molar-refractivity contribution in [3.05, 3.63) is 0 Å². The van der Waals surface area contributed by atoms with E-state index < -0.39 is 0 Å². The van der Waals surface area contributed by atoms with Crippen molar-refractivity contribution in [3.8, 4) is 0 Å². The lowest BCUT2D eigenvalue weighted by Gasteiger charge is -2.39. The highest BCUT2D eigenvalue weighted by Crippen LogP contribution is 2.23. The highest BCUT2D eigenvalue weighted by molar-refractivity contribution is 4.80. The molecule has 44 heavy (non-hydrogen) atoms. The molecule has 0 saturated carbocycles. The second kappa shape index (κ2) is 27.9. The standard InChI is InChI=1S/2C15H33N.C11H25N/c1-11(2)9-16(10-12(3)4)15(13(5)6)14(7)8;1-7-9-11-15(12-10-8-2)16(13(3)4)14(5)6;1-7-11(8-2)12(9(3)4)10(5)6/h11-15H,9-10H2,1-8H3;13-15H,7-12H2,1-6H3;9-11H,7-8H2,1-6H3. The second-order valence-corrected chi connectivity index (χ2v) is 16.4. The summed E-state index contributed by atoms with van der Waals surface area (Å²) in [6.45, 7) is 48.9. The monoisotopic (exact) mass is 626 g/mol. The van der Waals surface area contributed by atoms with E-state index in [1.54, 1.807) is 0 Å². The van der Waals surface area contributed by atoms with Crippen LogP contribution in [0.25, 0.3) is 0 Å². The molecule has 3 heteroatoms. The Kier molecular flexibility index (Phi) is 30.7. The largest absolute Gasteiger partial charge is 0.299 e. The van der Waals surface area contributed by atoms with Crippen molar-refractivity contribution in [2.24, 2.45) is 23.7 Å². The first-order valence-electron chi connectivity index (χ1n) is 19.6. The van der Waals surface area contributed by atoms with Gasteiger partial charge in [0, 0.05) is 55.4 Å². The van der Waals surface area contributed by atoms with Gasteiger partial charge in [-0.2, -0.15) is 0 Å². The molecule has 0 aliphatic heterocycles. The Morgan fingerprint density at radius 2 is 0.705 bits per heavy atom. The minimum atomic E-state index is 0.676. The van der Waals surface area contributed by atoms with Gasteiger partial charge in [-0.15, -0.1) is 0 Å². The zero-order valence-electron chi connectivity index (χ0n) is 34.8. The fraction of sp³-hybridized carbons (Fsp3) is 1.00. The predicted octanol–water partition coefficient (Wildman–Crippen LogP) is 12.4. The Bertz CT molecular complexity index is 547. The molecule has 0 aromatic carbocycles. The molecule has 0 heterocycles. The van der Waals surface area contributed by atoms with Crippen LogP contribution in [0, 0.1) is 23.7 Å². The van der Waals surface area contributed by atoms with Crippen molar-refractivity contribution in [3.63, 3.8) is 0 Å². The lowest BCUT2D eigenvalue weighted by Crippen LogP contribution is -2.46. The van der Waals surface area contributed by atoms with Gasteiger partial charge in [-0.1, -0.05) is 109 Å². The van der Waals surface area contributed by atoms with Crippen LogP contribution in [0.1, 0.15) is 190 Å². The third-order valence-corrected chi connectivity index (χ3v) is 8.94. The highest BCUT2D eigenvalue weighted by atomic mass is 15.2. The van der Waals surface area contributed by atoms with Gasteiger partial charge in [0.15, 0.2) is 0 Å². The van der Waals surface area contributed by atoms with Crippen molar-refractivity contribution in [1.82, 2.24) is 14.7 Å². The van der Waals surface area contributed by atoms with E-state index >= 15 is 0 Å². The second-order valence-electron chi connectivity index (χ2n) is 16.4. The summed E-state index contributed by atoms with van der Waals surface area (Å²) in [5.41, 5.74) is 0. The Balaban J connectivity index is -0.000000580. The summed E-state index contributed by atoms with van der Waals surface area (Å²) in [6.07, 6.45) is 10.7. The summed E-state index contributed by atoms with van der Waals surface area (Å²) in [5.74, 6) is 3.02. The molecule has 0 atom stereocenters. The maximum Gasteiger partial charge on any atom is 0.0141 e. The molecule has 3 nitrogen and oxygen atoms in total. The summed E-state index contributed by atoms with van der Waals surface area (Å²) in [5, 5.41) is 0. The summed E-state index contributed by atoms with van der Waals surface area (Å²) in [7, 11) is 0. The molecule has 0 saturated heterocycles. The molecule has 0 bridgehead atoms. The first-order chi connectivity index (χ1) is 20.3. The zero-order valence-corrected chi connectivity index (χ0v) is 34.8. The normalized spacial score (nSPS) is 12.7. The van der Waals surface area contributed by atoms with E-state index in [1.165, 1.54) is 64.5 Å². The summed E-state index contributed by atoms with van der Waals surface area (Å²) < 4.78 is 0. The fourth-order valence-corrected chi connectivity index (χ4v) is 7.78. The Morgan fingerprint density at radius 1 is 0.409 bits per heavy atom. The van der Waals surface area contributed by atoms with Crippen LogP contribution < -0.4 is 0 Å². The molecule has 0 aliphatic rings. The molecule has 0 fully saturated rings. The number of unbranched alkanes of at least 4 members (excludes halogenated alkanes) is 2. The molecule has 0 rings (SSSR count). The van der Waals surface area contributed by atoms with Crippen LogP contribution in [0.5, 0.6) is 0 Å². The van der Waals surface area contributed by atoms with Gasteiger partial charge in [-0.25, -0.2) is 0 Å². The van der Waals surface area contributed by atoms with Crippen LogP contribution in [0.3, 0.4) is 0 Å². The van der Waals surface area contributed by atoms with Crippen LogP contribution in [0.4, 0.5) is 0 Å². The maximum absolute atomic E-state index is 2.71. The van der Waals surface area contributed by atoms with Crippen molar-refractivity contribution in [2.75, 3.05) is 13.1 Å². The highest BCUT2D eigenvalue weighted by Gasteiger charge is 2.26. The van der Waals surface area contributed by atoms with Gasteiger partial charge in [-0.05, 0) is 105 Å². The Hall–Kier alpha value is -0.120. The van der Waals surface area contributed by atoms with Crippen LogP contribution in [-0.4, -0.2) is 70.1 Å². The van der Waals surface area contributed by atoms with Crippen LogP contribution in [-0.2, 0) is 0 Å². The van der Waals surface area contributed by atoms with Gasteiger partial charge in [0.25, 0.3) is 0 Å². The van der Waals surface area contributed by atoms with Gasteiger partial charge >= 0.3 is 0 Å². The molecule has 0 spiro atoms. The number of hydrogen-bond acceptors (Lipinski definition) is 3. The van der Waals surface area contributed by atoms with Gasteiger partial charge in [0.2, 0.25) is 0 Å². The first-order valence-corrected chi connectivity index (χ1v) is 19.6. The van der Waals surface area contributed by atoms with Crippen LogP contribution in [0.2, 0.25) is 0 Å². The third kappa shape index (κ3) is 22.4. The van der Waals surface area contributed by atoms with Crippen LogP contribution >= 0.6 is 0 Å². The molecule has 0 unspecified atom stereocenters. The van der Waals surface area contributed by atoms with Gasteiger partial charge < -0.3 is 0 Å². The number of nitrogens with zero attached hydrogens (tertiary/aromatic N) is 3. The molecule has 0 aromatic heterocycles. The molecular formula is C41H91N3. The minimum Gasteiger partial charge on any atom is -0.299 e. The Morgan fingerprint density at radius 3 is 0.886 bits per heavy atom. The van der Waals surface area contributed by atoms with E-state index in [4.69, 9.17) is 0 Å². The number of hydrogen-bond donors (Lipinski definition) is 0. The predicted molar refractivity (Wildman–Crippen MR) is 206 cm³/mol. The molecule has 0 aromatic rings. The van der Waals surface area contributed by atoms with Crippen molar-refractivity contribution >= 4 is 0 Å². The summed E-state index contributed by atoms with van der Waals surface area (Å²) >= 11 is 0. The lowest BCUT2D eigenvalue weighted by atomic mass is 9.90. The van der Waals surface area contributed by atoms with Gasteiger partial charge in [-0.3, -0.25) is 14.7 Å². The van der Waals surface area contributed by atoms with Crippen molar-refractivity contribution in [1.29, 1.82) is 0 Å². The van der Waals surface area contributed by atoms with E-state index in [2.05, 4.69) is 153 Å². The fourth-order valence-electron chi connectivity index (χ4n) is 7.78. The molecule has 0 N–H and O–H groups in total. The molecular weight excluding hydrogens is 534 g/mol. The minimum absolute atomic E-state index is 0.676. The zero-order chi connectivity index (χ0) is 35.2. The SMILES string of the molecule is CC(C)CN(CC(C)C)C(C(C)C)C(C)C.CCC(CC)N(C(C)C)C(C)C.CCCCC(CCCC)N(C(C)C)C(C)C. The quantitative estimate of drug-likeness (QED) is 0.126. The summed E-state index contributed by atoms with van der Waals surface area (Å²) in [4.78, 5) is 8.04.